The molecule has 3 heteroatoms. The predicted molar refractivity (Wildman–Crippen MR) is 67.0 cm³/mol. The number of benzene rings is 1. The van der Waals surface area contributed by atoms with Gasteiger partial charge in [-0.3, -0.25) is 0 Å². The summed E-state index contributed by atoms with van der Waals surface area (Å²) in [6.45, 7) is 3.78. The van der Waals surface area contributed by atoms with E-state index < -0.39 is 0 Å². The Kier molecular flexibility index (Phi) is 6.89. The summed E-state index contributed by atoms with van der Waals surface area (Å²) in [5.41, 5.74) is 0.789. The number of aliphatic hydroxyl groups excluding tert-OH is 1. The molecule has 1 aromatic carbocycles. The molecule has 0 saturated heterocycles. The van der Waals surface area contributed by atoms with Crippen molar-refractivity contribution >= 4 is 0 Å². The van der Waals surface area contributed by atoms with E-state index in [0.717, 1.165) is 24.3 Å². The summed E-state index contributed by atoms with van der Waals surface area (Å²) in [6, 6.07) is 7.51. The van der Waals surface area contributed by atoms with Crippen LogP contribution in [-0.4, -0.2) is 31.5 Å². The summed E-state index contributed by atoms with van der Waals surface area (Å²) >= 11 is 0. The third kappa shape index (κ3) is 5.39. The average Bonchev–Trinajstić information content (AvgIpc) is 2.37. The van der Waals surface area contributed by atoms with Crippen LogP contribution >= 0.6 is 0 Å². The largest absolute Gasteiger partial charge is 0.490 e. The molecule has 0 fully saturated rings. The van der Waals surface area contributed by atoms with Gasteiger partial charge in [-0.15, -0.1) is 0 Å². The summed E-state index contributed by atoms with van der Waals surface area (Å²) in [4.78, 5) is 0. The van der Waals surface area contributed by atoms with Gasteiger partial charge in [-0.2, -0.15) is 0 Å². The first-order chi connectivity index (χ1) is 8.38. The second-order valence-electron chi connectivity index (χ2n) is 3.42. The summed E-state index contributed by atoms with van der Waals surface area (Å²) in [6.07, 6.45) is 1.01. The van der Waals surface area contributed by atoms with Crippen LogP contribution in [0.5, 0.6) is 5.75 Å². The quantitative estimate of drug-likeness (QED) is 0.603. The number of hydrogen-bond donors (Lipinski definition) is 1. The Morgan fingerprint density at radius 2 is 2.00 bits per heavy atom. The number of hydrogen-bond acceptors (Lipinski definition) is 3. The van der Waals surface area contributed by atoms with Crippen molar-refractivity contribution in [3.05, 3.63) is 29.8 Å². The van der Waals surface area contributed by atoms with Crippen molar-refractivity contribution in [2.24, 2.45) is 0 Å². The molecule has 1 aromatic rings. The molecule has 0 unspecified atom stereocenters. The first-order valence-electron chi connectivity index (χ1n) is 5.77. The maximum Gasteiger partial charge on any atom is 0.135 e. The molecule has 0 heterocycles. The Labute approximate surface area is 102 Å². The molecule has 92 valence electrons. The summed E-state index contributed by atoms with van der Waals surface area (Å²) in [5, 5.41) is 8.66. The van der Waals surface area contributed by atoms with Crippen LogP contribution in [0.3, 0.4) is 0 Å². The molecule has 0 aromatic heterocycles. The molecule has 17 heavy (non-hydrogen) atoms. The molecule has 0 aliphatic heterocycles. The minimum Gasteiger partial charge on any atom is -0.490 e. The molecule has 1 N–H and O–H groups in total. The molecule has 0 saturated carbocycles. The van der Waals surface area contributed by atoms with E-state index in [2.05, 4.69) is 18.8 Å². The number of rotatable bonds is 6. The van der Waals surface area contributed by atoms with Crippen molar-refractivity contribution in [3.63, 3.8) is 0 Å². The zero-order valence-electron chi connectivity index (χ0n) is 10.1. The number of ether oxygens (including phenoxy) is 2. The molecule has 0 aliphatic rings. The highest BCUT2D eigenvalue weighted by Crippen LogP contribution is 2.16. The lowest BCUT2D eigenvalue weighted by atomic mass is 10.2. The van der Waals surface area contributed by atoms with Gasteiger partial charge in [-0.1, -0.05) is 30.9 Å². The summed E-state index contributed by atoms with van der Waals surface area (Å²) in [7, 11) is 0. The Morgan fingerprint density at radius 3 is 2.76 bits per heavy atom. The van der Waals surface area contributed by atoms with Gasteiger partial charge in [0.2, 0.25) is 0 Å². The standard InChI is InChI=1S/C14H18O3/c1-2-10-16-11-12-17-14-8-4-3-6-13(14)7-5-9-15/h3-4,6,8,15H,2,9-12H2,1H3. The summed E-state index contributed by atoms with van der Waals surface area (Å²) in [5.74, 6) is 6.19. The minimum atomic E-state index is -0.145. The Balaban J connectivity index is 2.46. The highest BCUT2D eigenvalue weighted by molar-refractivity contribution is 5.45. The Morgan fingerprint density at radius 1 is 1.18 bits per heavy atom. The van der Waals surface area contributed by atoms with Crippen LogP contribution in [0.15, 0.2) is 24.3 Å². The van der Waals surface area contributed by atoms with E-state index in [1.54, 1.807) is 0 Å². The first-order valence-corrected chi connectivity index (χ1v) is 5.77. The van der Waals surface area contributed by atoms with E-state index in [0.29, 0.717) is 13.2 Å². The Hall–Kier alpha value is -1.50. The third-order valence-corrected chi connectivity index (χ3v) is 2.02. The first kappa shape index (κ1) is 13.6. The van der Waals surface area contributed by atoms with Crippen LogP contribution in [-0.2, 0) is 4.74 Å². The second-order valence-corrected chi connectivity index (χ2v) is 3.42. The van der Waals surface area contributed by atoms with Gasteiger partial charge in [0.1, 0.15) is 19.0 Å². The van der Waals surface area contributed by atoms with Crippen LogP contribution in [0.1, 0.15) is 18.9 Å². The van der Waals surface area contributed by atoms with Gasteiger partial charge in [0.25, 0.3) is 0 Å². The third-order valence-electron chi connectivity index (χ3n) is 2.02. The van der Waals surface area contributed by atoms with E-state index in [1.807, 2.05) is 24.3 Å². The van der Waals surface area contributed by atoms with E-state index in [1.165, 1.54) is 0 Å². The van der Waals surface area contributed by atoms with Gasteiger partial charge in [0, 0.05) is 6.61 Å². The number of para-hydroxylation sites is 1. The lowest BCUT2D eigenvalue weighted by molar-refractivity contribution is 0.101. The van der Waals surface area contributed by atoms with Crippen LogP contribution in [0.4, 0.5) is 0 Å². The highest BCUT2D eigenvalue weighted by atomic mass is 16.5. The van der Waals surface area contributed by atoms with Crippen molar-refractivity contribution in [1.82, 2.24) is 0 Å². The van der Waals surface area contributed by atoms with E-state index >= 15 is 0 Å². The van der Waals surface area contributed by atoms with Crippen LogP contribution in [0.25, 0.3) is 0 Å². The smallest absolute Gasteiger partial charge is 0.135 e. The van der Waals surface area contributed by atoms with Gasteiger partial charge in [-0.25, -0.2) is 0 Å². The van der Waals surface area contributed by atoms with Gasteiger partial charge in [0.05, 0.1) is 12.2 Å². The average molecular weight is 234 g/mol. The fourth-order valence-corrected chi connectivity index (χ4v) is 1.29. The van der Waals surface area contributed by atoms with Crippen molar-refractivity contribution in [2.45, 2.75) is 13.3 Å². The zero-order chi connectivity index (χ0) is 12.3. The van der Waals surface area contributed by atoms with Crippen LogP contribution < -0.4 is 4.74 Å². The Bertz CT molecular complexity index is 377. The maximum absolute atomic E-state index is 8.66. The van der Waals surface area contributed by atoms with Gasteiger partial charge < -0.3 is 14.6 Å². The lowest BCUT2D eigenvalue weighted by Gasteiger charge is -2.08. The summed E-state index contributed by atoms with van der Waals surface area (Å²) < 4.78 is 10.9. The molecular weight excluding hydrogens is 216 g/mol. The molecule has 0 atom stereocenters. The van der Waals surface area contributed by atoms with E-state index in [4.69, 9.17) is 14.6 Å². The normalized spacial score (nSPS) is 9.53. The maximum atomic E-state index is 8.66. The second kappa shape index (κ2) is 8.63. The van der Waals surface area contributed by atoms with Gasteiger partial charge in [0.15, 0.2) is 0 Å². The van der Waals surface area contributed by atoms with E-state index in [9.17, 15) is 0 Å². The molecule has 0 radical (unpaired) electrons. The predicted octanol–water partition coefficient (Wildman–Crippen LogP) is 1.84. The van der Waals surface area contributed by atoms with Gasteiger partial charge in [-0.05, 0) is 18.6 Å². The fraction of sp³-hybridized carbons (Fsp3) is 0.429. The SMILES string of the molecule is CCCOCCOc1ccccc1C#CCO. The zero-order valence-corrected chi connectivity index (χ0v) is 10.1. The molecule has 1 rings (SSSR count). The highest BCUT2D eigenvalue weighted by Gasteiger charge is 1.99. The molecule has 0 bridgehead atoms. The van der Waals surface area contributed by atoms with Crippen molar-refractivity contribution in [1.29, 1.82) is 0 Å². The van der Waals surface area contributed by atoms with Crippen LogP contribution in [0, 0.1) is 11.8 Å². The van der Waals surface area contributed by atoms with Crippen LogP contribution in [0.2, 0.25) is 0 Å². The molecule has 0 aliphatic carbocycles. The van der Waals surface area contributed by atoms with E-state index in [-0.39, 0.29) is 6.61 Å². The van der Waals surface area contributed by atoms with Crippen molar-refractivity contribution in [2.75, 3.05) is 26.4 Å². The van der Waals surface area contributed by atoms with Gasteiger partial charge >= 0.3 is 0 Å². The number of aliphatic hydroxyl groups is 1. The molecule has 3 nitrogen and oxygen atoms in total. The minimum absolute atomic E-state index is 0.145. The molecule has 0 amide bonds. The van der Waals surface area contributed by atoms with Crippen molar-refractivity contribution < 1.29 is 14.6 Å². The van der Waals surface area contributed by atoms with Crippen molar-refractivity contribution in [3.8, 4) is 17.6 Å². The molecule has 0 spiro atoms. The fourth-order valence-electron chi connectivity index (χ4n) is 1.29. The topological polar surface area (TPSA) is 38.7 Å². The molecular formula is C14H18O3. The monoisotopic (exact) mass is 234 g/mol. The lowest BCUT2D eigenvalue weighted by Crippen LogP contribution is -2.07.